The Bertz CT molecular complexity index is 356. The minimum absolute atomic E-state index is 0.00439. The van der Waals surface area contributed by atoms with Crippen molar-refractivity contribution in [2.45, 2.75) is 58.0 Å². The number of aromatic nitrogens is 2. The van der Waals surface area contributed by atoms with Crippen LogP contribution in [0.1, 0.15) is 51.8 Å². The van der Waals surface area contributed by atoms with E-state index in [-0.39, 0.29) is 5.54 Å². The maximum atomic E-state index is 6.42. The molecule has 2 unspecified atom stereocenters. The first-order valence-corrected chi connectivity index (χ1v) is 6.31. The van der Waals surface area contributed by atoms with Crippen LogP contribution in [-0.4, -0.2) is 15.3 Å². The fraction of sp³-hybridized carbons (Fsp3) is 0.769. The highest BCUT2D eigenvalue weighted by molar-refractivity contribution is 5.08. The van der Waals surface area contributed by atoms with Crippen molar-refractivity contribution in [2.24, 2.45) is 11.7 Å². The van der Waals surface area contributed by atoms with Gasteiger partial charge in [0.05, 0.1) is 5.69 Å². The molecule has 0 aromatic carbocycles. The molecule has 2 atom stereocenters. The van der Waals surface area contributed by atoms with Crippen molar-refractivity contribution in [3.63, 3.8) is 0 Å². The Morgan fingerprint density at radius 1 is 1.62 bits per heavy atom. The molecular formula is C13H23N3. The van der Waals surface area contributed by atoms with E-state index >= 15 is 0 Å². The third kappa shape index (κ3) is 2.46. The first-order chi connectivity index (χ1) is 7.48. The van der Waals surface area contributed by atoms with E-state index in [1.165, 1.54) is 6.42 Å². The van der Waals surface area contributed by atoms with Crippen LogP contribution >= 0.6 is 0 Å². The Kier molecular flexibility index (Phi) is 3.06. The van der Waals surface area contributed by atoms with Crippen LogP contribution in [0.15, 0.2) is 12.3 Å². The molecule has 2 N–H and O–H groups in total. The zero-order valence-corrected chi connectivity index (χ0v) is 10.6. The summed E-state index contributed by atoms with van der Waals surface area (Å²) in [7, 11) is 0. The highest BCUT2D eigenvalue weighted by Crippen LogP contribution is 2.34. The maximum Gasteiger partial charge on any atom is 0.0643 e. The fourth-order valence-electron chi connectivity index (χ4n) is 2.71. The van der Waals surface area contributed by atoms with Crippen molar-refractivity contribution in [3.8, 4) is 0 Å². The van der Waals surface area contributed by atoms with Gasteiger partial charge in [-0.2, -0.15) is 5.10 Å². The molecule has 1 heterocycles. The lowest BCUT2D eigenvalue weighted by Gasteiger charge is -2.22. The molecule has 0 bridgehead atoms. The topological polar surface area (TPSA) is 43.8 Å². The van der Waals surface area contributed by atoms with E-state index in [1.807, 2.05) is 4.68 Å². The molecule has 0 spiro atoms. The SMILES string of the molecule is CC1CCC(N)(Cc2ccn(C(C)C)n2)C1. The first-order valence-electron chi connectivity index (χ1n) is 6.31. The van der Waals surface area contributed by atoms with E-state index in [2.05, 4.69) is 38.1 Å². The first kappa shape index (κ1) is 11.6. The molecule has 1 saturated carbocycles. The third-order valence-corrected chi connectivity index (χ3v) is 3.62. The molecule has 1 aromatic heterocycles. The summed E-state index contributed by atoms with van der Waals surface area (Å²) < 4.78 is 2.01. The van der Waals surface area contributed by atoms with E-state index in [4.69, 9.17) is 5.73 Å². The van der Waals surface area contributed by atoms with Gasteiger partial charge in [0.2, 0.25) is 0 Å². The van der Waals surface area contributed by atoms with Crippen LogP contribution in [0.5, 0.6) is 0 Å². The lowest BCUT2D eigenvalue weighted by Crippen LogP contribution is -2.39. The molecule has 0 saturated heterocycles. The highest BCUT2D eigenvalue weighted by Gasteiger charge is 2.34. The highest BCUT2D eigenvalue weighted by atomic mass is 15.3. The van der Waals surface area contributed by atoms with E-state index < -0.39 is 0 Å². The summed E-state index contributed by atoms with van der Waals surface area (Å²) in [5.74, 6) is 0.775. The Morgan fingerprint density at radius 3 is 2.88 bits per heavy atom. The molecule has 2 rings (SSSR count). The summed E-state index contributed by atoms with van der Waals surface area (Å²) >= 11 is 0. The van der Waals surface area contributed by atoms with Crippen LogP contribution in [0.3, 0.4) is 0 Å². The van der Waals surface area contributed by atoms with Gasteiger partial charge in [-0.25, -0.2) is 0 Å². The molecule has 1 aliphatic rings. The number of hydrogen-bond acceptors (Lipinski definition) is 2. The van der Waals surface area contributed by atoms with Crippen LogP contribution in [0, 0.1) is 5.92 Å². The third-order valence-electron chi connectivity index (χ3n) is 3.62. The van der Waals surface area contributed by atoms with Gasteiger partial charge in [-0.05, 0) is 45.1 Å². The predicted molar refractivity (Wildman–Crippen MR) is 66.2 cm³/mol. The van der Waals surface area contributed by atoms with E-state index in [1.54, 1.807) is 0 Å². The van der Waals surface area contributed by atoms with Crippen molar-refractivity contribution in [1.82, 2.24) is 9.78 Å². The Labute approximate surface area is 98.0 Å². The van der Waals surface area contributed by atoms with Crippen molar-refractivity contribution in [3.05, 3.63) is 18.0 Å². The van der Waals surface area contributed by atoms with Gasteiger partial charge in [-0.15, -0.1) is 0 Å². The van der Waals surface area contributed by atoms with Gasteiger partial charge >= 0.3 is 0 Å². The van der Waals surface area contributed by atoms with E-state index in [0.29, 0.717) is 6.04 Å². The van der Waals surface area contributed by atoms with Crippen LogP contribution in [0.25, 0.3) is 0 Å². The maximum absolute atomic E-state index is 6.42. The number of nitrogens with two attached hydrogens (primary N) is 1. The number of rotatable bonds is 3. The Morgan fingerprint density at radius 2 is 2.38 bits per heavy atom. The predicted octanol–water partition coefficient (Wildman–Crippen LogP) is 2.52. The second kappa shape index (κ2) is 4.21. The quantitative estimate of drug-likeness (QED) is 0.852. The molecule has 0 amide bonds. The van der Waals surface area contributed by atoms with Gasteiger partial charge in [0.1, 0.15) is 0 Å². The summed E-state index contributed by atoms with van der Waals surface area (Å²) in [6.45, 7) is 6.58. The number of hydrogen-bond donors (Lipinski definition) is 1. The molecule has 0 aliphatic heterocycles. The second-order valence-electron chi connectivity index (χ2n) is 5.77. The summed E-state index contributed by atoms with van der Waals surface area (Å²) in [5.41, 5.74) is 7.56. The van der Waals surface area contributed by atoms with Gasteiger partial charge in [0.15, 0.2) is 0 Å². The molecule has 1 aliphatic carbocycles. The lowest BCUT2D eigenvalue weighted by atomic mass is 9.92. The molecule has 1 aromatic rings. The molecule has 3 heteroatoms. The minimum atomic E-state index is -0.00439. The van der Waals surface area contributed by atoms with Crippen molar-refractivity contribution >= 4 is 0 Å². The average molecular weight is 221 g/mol. The fourth-order valence-corrected chi connectivity index (χ4v) is 2.71. The monoisotopic (exact) mass is 221 g/mol. The van der Waals surface area contributed by atoms with Crippen LogP contribution in [-0.2, 0) is 6.42 Å². The minimum Gasteiger partial charge on any atom is -0.325 e. The van der Waals surface area contributed by atoms with Crippen LogP contribution in [0.2, 0.25) is 0 Å². The molecule has 0 radical (unpaired) electrons. The number of nitrogens with zero attached hydrogens (tertiary/aromatic N) is 2. The van der Waals surface area contributed by atoms with E-state index in [9.17, 15) is 0 Å². The second-order valence-corrected chi connectivity index (χ2v) is 5.77. The summed E-state index contributed by atoms with van der Waals surface area (Å²) in [6.07, 6.45) is 6.53. The van der Waals surface area contributed by atoms with Gasteiger partial charge < -0.3 is 5.73 Å². The smallest absolute Gasteiger partial charge is 0.0643 e. The Balaban J connectivity index is 2.03. The van der Waals surface area contributed by atoms with Crippen molar-refractivity contribution < 1.29 is 0 Å². The standard InChI is InChI=1S/C13H23N3/c1-10(2)16-7-5-12(15-16)9-13(14)6-4-11(3)8-13/h5,7,10-11H,4,6,8-9,14H2,1-3H3. The molecular weight excluding hydrogens is 198 g/mol. The van der Waals surface area contributed by atoms with Crippen molar-refractivity contribution in [1.29, 1.82) is 0 Å². The van der Waals surface area contributed by atoms with Crippen LogP contribution < -0.4 is 5.73 Å². The largest absolute Gasteiger partial charge is 0.325 e. The van der Waals surface area contributed by atoms with Gasteiger partial charge in [0.25, 0.3) is 0 Å². The van der Waals surface area contributed by atoms with Gasteiger partial charge in [-0.1, -0.05) is 6.92 Å². The normalized spacial score (nSPS) is 30.2. The Hall–Kier alpha value is -0.830. The zero-order chi connectivity index (χ0) is 11.8. The van der Waals surface area contributed by atoms with Gasteiger partial charge in [-0.3, -0.25) is 4.68 Å². The summed E-state index contributed by atoms with van der Waals surface area (Å²) in [4.78, 5) is 0. The van der Waals surface area contributed by atoms with E-state index in [0.717, 1.165) is 30.9 Å². The molecule has 16 heavy (non-hydrogen) atoms. The average Bonchev–Trinajstić information content (AvgIpc) is 2.74. The summed E-state index contributed by atoms with van der Waals surface area (Å²) in [5, 5.41) is 4.58. The lowest BCUT2D eigenvalue weighted by molar-refractivity contribution is 0.410. The molecule has 90 valence electrons. The van der Waals surface area contributed by atoms with Crippen LogP contribution in [0.4, 0.5) is 0 Å². The molecule has 1 fully saturated rings. The van der Waals surface area contributed by atoms with Gasteiger partial charge in [0, 0.05) is 24.2 Å². The summed E-state index contributed by atoms with van der Waals surface area (Å²) in [6, 6.07) is 2.54. The van der Waals surface area contributed by atoms with Crippen molar-refractivity contribution in [2.75, 3.05) is 0 Å². The molecule has 3 nitrogen and oxygen atoms in total. The zero-order valence-electron chi connectivity index (χ0n) is 10.6.